The van der Waals surface area contributed by atoms with Crippen molar-refractivity contribution in [1.82, 2.24) is 0 Å². The van der Waals surface area contributed by atoms with Crippen LogP contribution in [0.4, 0.5) is 8.78 Å². The van der Waals surface area contributed by atoms with Crippen LogP contribution in [0.1, 0.15) is 22.3 Å². The fourth-order valence-corrected chi connectivity index (χ4v) is 5.37. The van der Waals surface area contributed by atoms with Crippen molar-refractivity contribution in [2.45, 2.75) is 61.3 Å². The molecule has 0 aliphatic rings. The van der Waals surface area contributed by atoms with Gasteiger partial charge in [0, 0.05) is 25.7 Å². The van der Waals surface area contributed by atoms with Gasteiger partial charge in [-0.1, -0.05) is 60.7 Å². The molecule has 0 heterocycles. The van der Waals surface area contributed by atoms with Gasteiger partial charge in [0.15, 0.2) is 0 Å². The van der Waals surface area contributed by atoms with Crippen LogP contribution in [-0.4, -0.2) is 76.5 Å². The largest absolute Gasteiger partial charge is 0.508 e. The highest BCUT2D eigenvalue weighted by Gasteiger charge is 2.54. The van der Waals surface area contributed by atoms with E-state index in [9.17, 15) is 49.6 Å². The molecule has 8 nitrogen and oxygen atoms in total. The molecule has 0 aromatic heterocycles. The Kier molecular flexibility index (Phi) is 10.4. The molecule has 0 amide bonds. The second kappa shape index (κ2) is 13.8. The number of hydrogen-bond acceptors (Lipinski definition) is 8. The molecule has 234 valence electrons. The molecule has 0 radical (unpaired) electrons. The number of aliphatic hydroxyl groups is 6. The first-order valence-corrected chi connectivity index (χ1v) is 14.0. The van der Waals surface area contributed by atoms with Gasteiger partial charge in [-0.25, -0.2) is 8.78 Å². The van der Waals surface area contributed by atoms with Crippen LogP contribution >= 0.6 is 0 Å². The highest BCUT2D eigenvalue weighted by atomic mass is 19.1. The van der Waals surface area contributed by atoms with Crippen LogP contribution in [0.5, 0.6) is 11.5 Å². The number of phenolic OH excluding ortho intramolecular Hbond substituents is 2. The predicted molar refractivity (Wildman–Crippen MR) is 158 cm³/mol. The summed E-state index contributed by atoms with van der Waals surface area (Å²) < 4.78 is 29.0. The summed E-state index contributed by atoms with van der Waals surface area (Å²) in [4.78, 5) is 0. The summed E-state index contributed by atoms with van der Waals surface area (Å²) >= 11 is 0. The molecule has 8 N–H and O–H groups in total. The summed E-state index contributed by atoms with van der Waals surface area (Å²) in [5.74, 6) is -1.55. The van der Waals surface area contributed by atoms with Crippen LogP contribution in [0.3, 0.4) is 0 Å². The summed E-state index contributed by atoms with van der Waals surface area (Å²) in [5, 5.41) is 89.2. The van der Waals surface area contributed by atoms with E-state index in [1.165, 1.54) is 84.9 Å². The first kappa shape index (κ1) is 33.0. The minimum Gasteiger partial charge on any atom is -0.508 e. The van der Waals surface area contributed by atoms with E-state index in [1.807, 2.05) is 0 Å². The second-order valence-electron chi connectivity index (χ2n) is 11.2. The van der Waals surface area contributed by atoms with E-state index in [0.717, 1.165) is 12.1 Å². The molecule has 0 saturated heterocycles. The van der Waals surface area contributed by atoms with Gasteiger partial charge in [0.05, 0.1) is 12.2 Å². The Morgan fingerprint density at radius 2 is 0.818 bits per heavy atom. The molecule has 0 saturated carbocycles. The monoisotopic (exact) mass is 610 g/mol. The minimum absolute atomic E-state index is 0.00441. The average Bonchev–Trinajstić information content (AvgIpc) is 3.00. The second-order valence-corrected chi connectivity index (χ2v) is 11.2. The molecule has 0 spiro atoms. The van der Waals surface area contributed by atoms with Crippen molar-refractivity contribution in [3.05, 3.63) is 131 Å². The standard InChI is InChI=1S/C34H36F2O8/c35-27-7-3-1-5-23(27)17-29(39)33(43,19-21-9-13-25(37)14-10-21)31(41)32(42)34(44,20-22-11-15-26(38)16-12-22)30(40)18-24-6-2-4-8-28(24)36/h1-16,29-32,37-44H,17-20H2/t29?,30?,31-,32-,33+,34+/m0/s1. The van der Waals surface area contributed by atoms with Gasteiger partial charge in [-0.15, -0.1) is 0 Å². The molecule has 4 aromatic rings. The maximum absolute atomic E-state index is 14.5. The molecule has 0 aliphatic heterocycles. The minimum atomic E-state index is -2.65. The van der Waals surface area contributed by atoms with Gasteiger partial charge in [-0.2, -0.15) is 0 Å². The van der Waals surface area contributed by atoms with Crippen molar-refractivity contribution in [2.75, 3.05) is 0 Å². The zero-order valence-electron chi connectivity index (χ0n) is 23.7. The summed E-state index contributed by atoms with van der Waals surface area (Å²) in [7, 11) is 0. The van der Waals surface area contributed by atoms with Crippen LogP contribution in [0, 0.1) is 11.6 Å². The quantitative estimate of drug-likeness (QED) is 0.115. The van der Waals surface area contributed by atoms with Crippen molar-refractivity contribution < 1.29 is 49.6 Å². The molecule has 6 atom stereocenters. The highest BCUT2D eigenvalue weighted by Crippen LogP contribution is 2.35. The molecule has 0 bridgehead atoms. The molecule has 0 aliphatic carbocycles. The molecule has 10 heteroatoms. The average molecular weight is 611 g/mol. The Labute approximate surface area is 253 Å². The molecule has 4 rings (SSSR count). The zero-order chi connectivity index (χ0) is 32.1. The third-order valence-corrected chi connectivity index (χ3v) is 8.07. The fraction of sp³-hybridized carbons (Fsp3) is 0.294. The maximum atomic E-state index is 14.5. The molecule has 0 fully saturated rings. The van der Waals surface area contributed by atoms with Gasteiger partial charge in [-0.3, -0.25) is 0 Å². The Bertz CT molecular complexity index is 1400. The van der Waals surface area contributed by atoms with Crippen LogP contribution in [0.2, 0.25) is 0 Å². The lowest BCUT2D eigenvalue weighted by atomic mass is 9.72. The number of benzene rings is 4. The lowest BCUT2D eigenvalue weighted by Crippen LogP contribution is -2.67. The van der Waals surface area contributed by atoms with Gasteiger partial charge in [0.25, 0.3) is 0 Å². The van der Waals surface area contributed by atoms with Gasteiger partial charge in [0.2, 0.25) is 0 Å². The van der Waals surface area contributed by atoms with Crippen LogP contribution in [0.25, 0.3) is 0 Å². The molecular weight excluding hydrogens is 574 g/mol. The summed E-state index contributed by atoms with van der Waals surface area (Å²) in [6.45, 7) is 0. The van der Waals surface area contributed by atoms with E-state index in [-0.39, 0.29) is 22.6 Å². The fourth-order valence-electron chi connectivity index (χ4n) is 5.37. The zero-order valence-corrected chi connectivity index (χ0v) is 23.7. The van der Waals surface area contributed by atoms with Gasteiger partial charge in [-0.05, 0) is 58.7 Å². The number of phenols is 2. The molecule has 4 aromatic carbocycles. The molecular formula is C34H36F2O8. The number of aromatic hydroxyl groups is 2. The molecule has 44 heavy (non-hydrogen) atoms. The molecule has 2 unspecified atom stereocenters. The Morgan fingerprint density at radius 1 is 0.500 bits per heavy atom. The predicted octanol–water partition coefficient (Wildman–Crippen LogP) is 2.55. The van der Waals surface area contributed by atoms with Gasteiger partial charge < -0.3 is 40.9 Å². The first-order chi connectivity index (χ1) is 20.8. The number of aliphatic hydroxyl groups excluding tert-OH is 4. The highest BCUT2D eigenvalue weighted by molar-refractivity contribution is 5.31. The third kappa shape index (κ3) is 7.41. The van der Waals surface area contributed by atoms with E-state index in [4.69, 9.17) is 0 Å². The third-order valence-electron chi connectivity index (χ3n) is 8.07. The summed E-state index contributed by atoms with van der Waals surface area (Å²) in [6, 6.07) is 21.8. The maximum Gasteiger partial charge on any atom is 0.126 e. The Balaban J connectivity index is 1.75. The van der Waals surface area contributed by atoms with E-state index < -0.39 is 72.9 Å². The lowest BCUT2D eigenvalue weighted by molar-refractivity contribution is -0.232. The summed E-state index contributed by atoms with van der Waals surface area (Å²) in [6.07, 6.45) is -10.6. The van der Waals surface area contributed by atoms with Crippen molar-refractivity contribution in [2.24, 2.45) is 0 Å². The van der Waals surface area contributed by atoms with E-state index in [2.05, 4.69) is 0 Å². The smallest absolute Gasteiger partial charge is 0.126 e. The SMILES string of the molecule is Oc1ccc(C[C@@](O)(C(O)Cc2ccccc2F)[C@@H](O)[C@H](O)[C@@](O)(Cc2ccc(O)cc2)C(O)Cc2ccccc2F)cc1. The number of halogens is 2. The van der Waals surface area contributed by atoms with Gasteiger partial charge >= 0.3 is 0 Å². The van der Waals surface area contributed by atoms with Crippen LogP contribution in [0.15, 0.2) is 97.1 Å². The number of hydrogen-bond donors (Lipinski definition) is 8. The lowest BCUT2D eigenvalue weighted by Gasteiger charge is -2.46. The van der Waals surface area contributed by atoms with Crippen LogP contribution < -0.4 is 0 Å². The van der Waals surface area contributed by atoms with Crippen molar-refractivity contribution >= 4 is 0 Å². The van der Waals surface area contributed by atoms with Gasteiger partial charge in [0.1, 0.15) is 46.5 Å². The van der Waals surface area contributed by atoms with E-state index >= 15 is 0 Å². The Morgan fingerprint density at radius 3 is 1.14 bits per heavy atom. The normalized spacial score (nSPS) is 17.2. The number of rotatable bonds is 13. The van der Waals surface area contributed by atoms with Crippen molar-refractivity contribution in [3.8, 4) is 11.5 Å². The van der Waals surface area contributed by atoms with Crippen molar-refractivity contribution in [3.63, 3.8) is 0 Å². The van der Waals surface area contributed by atoms with E-state index in [0.29, 0.717) is 11.1 Å². The van der Waals surface area contributed by atoms with Crippen LogP contribution in [-0.2, 0) is 25.7 Å². The van der Waals surface area contributed by atoms with Crippen molar-refractivity contribution in [1.29, 1.82) is 0 Å². The topological polar surface area (TPSA) is 162 Å². The first-order valence-electron chi connectivity index (χ1n) is 14.0. The Hall–Kier alpha value is -3.90. The summed E-state index contributed by atoms with van der Waals surface area (Å²) in [5.41, 5.74) is -4.69. The van der Waals surface area contributed by atoms with E-state index in [1.54, 1.807) is 0 Å².